The Bertz CT molecular complexity index is 977. The van der Waals surface area contributed by atoms with Crippen molar-refractivity contribution in [1.82, 2.24) is 4.98 Å². The molecule has 26 heavy (non-hydrogen) atoms. The van der Waals surface area contributed by atoms with Crippen LogP contribution in [0.3, 0.4) is 0 Å². The Kier molecular flexibility index (Phi) is 4.94. The Morgan fingerprint density at radius 3 is 2.19 bits per heavy atom. The number of ether oxygens (including phenoxy) is 2. The van der Waals surface area contributed by atoms with Gasteiger partial charge in [0.2, 0.25) is 0 Å². The number of anilines is 1. The molecule has 0 aliphatic carbocycles. The average Bonchev–Trinajstić information content (AvgIpc) is 3.14. The lowest BCUT2D eigenvalue weighted by Gasteiger charge is -2.09. The quantitative estimate of drug-likeness (QED) is 0.709. The van der Waals surface area contributed by atoms with Crippen LogP contribution < -0.4 is 5.32 Å². The van der Waals surface area contributed by atoms with Crippen molar-refractivity contribution in [3.8, 4) is 0 Å². The molecule has 0 aliphatic rings. The van der Waals surface area contributed by atoms with E-state index in [1.54, 1.807) is 23.7 Å². The molecule has 1 N–H and O–H groups in total. The molecular formula is C18H14N2O5S. The molecule has 2 aromatic carbocycles. The summed E-state index contributed by atoms with van der Waals surface area (Å²) in [6.07, 6.45) is 0. The molecule has 1 aromatic heterocycles. The first-order valence-electron chi connectivity index (χ1n) is 7.48. The Morgan fingerprint density at radius 1 is 0.923 bits per heavy atom. The van der Waals surface area contributed by atoms with Crippen molar-refractivity contribution in [2.24, 2.45) is 0 Å². The third-order valence-electron chi connectivity index (χ3n) is 3.63. The summed E-state index contributed by atoms with van der Waals surface area (Å²) < 4.78 is 10.2. The Balaban J connectivity index is 1.93. The molecule has 132 valence electrons. The monoisotopic (exact) mass is 370 g/mol. The molecule has 1 heterocycles. The van der Waals surface area contributed by atoms with Crippen molar-refractivity contribution in [2.45, 2.75) is 0 Å². The minimum absolute atomic E-state index is 0.128. The Morgan fingerprint density at radius 2 is 1.58 bits per heavy atom. The number of amides is 1. The van der Waals surface area contributed by atoms with Crippen LogP contribution in [0.4, 0.5) is 5.69 Å². The van der Waals surface area contributed by atoms with Crippen molar-refractivity contribution in [2.75, 3.05) is 19.5 Å². The summed E-state index contributed by atoms with van der Waals surface area (Å²) in [5.74, 6) is -1.63. The predicted octanol–water partition coefficient (Wildman–Crippen LogP) is 3.12. The molecule has 0 spiro atoms. The molecule has 0 radical (unpaired) electrons. The summed E-state index contributed by atoms with van der Waals surface area (Å²) >= 11 is 1.43. The fraction of sp³-hybridized carbons (Fsp3) is 0.111. The predicted molar refractivity (Wildman–Crippen MR) is 96.7 cm³/mol. The number of hydrogen-bond donors (Lipinski definition) is 1. The van der Waals surface area contributed by atoms with E-state index in [-0.39, 0.29) is 22.7 Å². The average molecular weight is 370 g/mol. The molecule has 3 aromatic rings. The summed E-state index contributed by atoms with van der Waals surface area (Å²) in [7, 11) is 2.46. The highest BCUT2D eigenvalue weighted by molar-refractivity contribution is 7.16. The van der Waals surface area contributed by atoms with E-state index in [9.17, 15) is 14.4 Å². The molecule has 3 rings (SSSR count). The number of hydrogen-bond acceptors (Lipinski definition) is 7. The van der Waals surface area contributed by atoms with E-state index in [1.807, 2.05) is 0 Å². The number of benzene rings is 2. The topological polar surface area (TPSA) is 94.6 Å². The number of rotatable bonds is 4. The van der Waals surface area contributed by atoms with E-state index in [0.717, 1.165) is 10.2 Å². The third-order valence-corrected chi connectivity index (χ3v) is 4.42. The zero-order chi connectivity index (χ0) is 18.7. The molecule has 0 saturated carbocycles. The Labute approximate surface area is 152 Å². The number of esters is 2. The molecule has 0 unspecified atom stereocenters. The summed E-state index contributed by atoms with van der Waals surface area (Å²) in [5, 5.41) is 2.68. The van der Waals surface area contributed by atoms with Crippen LogP contribution in [0.25, 0.3) is 10.2 Å². The lowest BCUT2D eigenvalue weighted by atomic mass is 10.1. The van der Waals surface area contributed by atoms with Gasteiger partial charge in [0.1, 0.15) is 0 Å². The summed E-state index contributed by atoms with van der Waals surface area (Å²) in [6.45, 7) is 0. The number of fused-ring (bicyclic) bond motifs is 1. The third kappa shape index (κ3) is 3.55. The fourth-order valence-corrected chi connectivity index (χ4v) is 3.09. The van der Waals surface area contributed by atoms with Gasteiger partial charge in [-0.2, -0.15) is 0 Å². The van der Waals surface area contributed by atoms with Gasteiger partial charge >= 0.3 is 11.9 Å². The highest BCUT2D eigenvalue weighted by Crippen LogP contribution is 2.21. The van der Waals surface area contributed by atoms with Gasteiger partial charge in [0, 0.05) is 11.3 Å². The number of methoxy groups -OCH3 is 2. The summed E-state index contributed by atoms with van der Waals surface area (Å²) in [4.78, 5) is 40.3. The standard InChI is InChI=1S/C18H14N2O5S/c1-24-17(22)11-5-12(18(23)25-2)7-13(6-11)20-16(21)10-3-4-14-15(8-10)26-9-19-14/h3-9H,1-2H3,(H,20,21). The van der Waals surface area contributed by atoms with E-state index in [2.05, 4.69) is 19.8 Å². The van der Waals surface area contributed by atoms with Crippen molar-refractivity contribution in [3.63, 3.8) is 0 Å². The first-order valence-corrected chi connectivity index (χ1v) is 8.36. The second-order valence-electron chi connectivity index (χ2n) is 5.27. The van der Waals surface area contributed by atoms with E-state index in [0.29, 0.717) is 5.56 Å². The molecule has 0 fully saturated rings. The van der Waals surface area contributed by atoms with Crippen LogP contribution in [0, 0.1) is 0 Å². The number of carbonyl (C=O) groups is 3. The van der Waals surface area contributed by atoms with Gasteiger partial charge in [-0.15, -0.1) is 11.3 Å². The summed E-state index contributed by atoms with van der Waals surface area (Å²) in [6, 6.07) is 9.35. The van der Waals surface area contributed by atoms with Crippen molar-refractivity contribution < 1.29 is 23.9 Å². The van der Waals surface area contributed by atoms with Crippen LogP contribution in [-0.4, -0.2) is 37.0 Å². The largest absolute Gasteiger partial charge is 0.465 e. The number of nitrogens with zero attached hydrogens (tertiary/aromatic N) is 1. The van der Waals surface area contributed by atoms with Crippen LogP contribution in [-0.2, 0) is 9.47 Å². The van der Waals surface area contributed by atoms with Gasteiger partial charge in [-0.3, -0.25) is 4.79 Å². The molecular weight excluding hydrogens is 356 g/mol. The van der Waals surface area contributed by atoms with Crippen molar-refractivity contribution in [3.05, 3.63) is 58.6 Å². The maximum Gasteiger partial charge on any atom is 0.337 e. The van der Waals surface area contributed by atoms with E-state index < -0.39 is 11.9 Å². The van der Waals surface area contributed by atoms with Gasteiger partial charge in [0.05, 0.1) is 41.1 Å². The normalized spacial score (nSPS) is 10.4. The lowest BCUT2D eigenvalue weighted by Crippen LogP contribution is -2.14. The molecule has 8 heteroatoms. The van der Waals surface area contributed by atoms with Crippen LogP contribution >= 0.6 is 11.3 Å². The number of aromatic nitrogens is 1. The van der Waals surface area contributed by atoms with E-state index >= 15 is 0 Å². The maximum absolute atomic E-state index is 12.5. The second-order valence-corrected chi connectivity index (χ2v) is 6.16. The highest BCUT2D eigenvalue weighted by Gasteiger charge is 2.16. The highest BCUT2D eigenvalue weighted by atomic mass is 32.1. The van der Waals surface area contributed by atoms with E-state index in [4.69, 9.17) is 0 Å². The smallest absolute Gasteiger partial charge is 0.337 e. The number of nitrogens with one attached hydrogen (secondary N) is 1. The summed E-state index contributed by atoms with van der Waals surface area (Å²) in [5.41, 5.74) is 3.49. The van der Waals surface area contributed by atoms with Crippen molar-refractivity contribution in [1.29, 1.82) is 0 Å². The lowest BCUT2D eigenvalue weighted by molar-refractivity contribution is 0.0599. The number of thiazole rings is 1. The van der Waals surface area contributed by atoms with Crippen LogP contribution in [0.1, 0.15) is 31.1 Å². The molecule has 0 bridgehead atoms. The second kappa shape index (κ2) is 7.32. The van der Waals surface area contributed by atoms with Gasteiger partial charge in [-0.05, 0) is 36.4 Å². The van der Waals surface area contributed by atoms with E-state index in [1.165, 1.54) is 43.8 Å². The SMILES string of the molecule is COC(=O)c1cc(NC(=O)c2ccc3ncsc3c2)cc(C(=O)OC)c1. The van der Waals surface area contributed by atoms with Gasteiger partial charge < -0.3 is 14.8 Å². The van der Waals surface area contributed by atoms with Gasteiger partial charge in [-0.1, -0.05) is 0 Å². The maximum atomic E-state index is 12.5. The van der Waals surface area contributed by atoms with Crippen molar-refractivity contribution >= 4 is 45.1 Å². The molecule has 0 aliphatic heterocycles. The van der Waals surface area contributed by atoms with Gasteiger partial charge in [0.15, 0.2) is 0 Å². The molecule has 7 nitrogen and oxygen atoms in total. The molecule has 0 saturated heterocycles. The molecule has 0 atom stereocenters. The minimum atomic E-state index is -0.627. The zero-order valence-electron chi connectivity index (χ0n) is 13.9. The Hall–Kier alpha value is -3.26. The van der Waals surface area contributed by atoms with Crippen LogP contribution in [0.2, 0.25) is 0 Å². The van der Waals surface area contributed by atoms with Gasteiger partial charge in [0.25, 0.3) is 5.91 Å². The van der Waals surface area contributed by atoms with Crippen LogP contribution in [0.15, 0.2) is 41.9 Å². The number of carbonyl (C=O) groups excluding carboxylic acids is 3. The first kappa shape index (κ1) is 17.6. The van der Waals surface area contributed by atoms with Gasteiger partial charge in [-0.25, -0.2) is 14.6 Å². The fourth-order valence-electron chi connectivity index (χ4n) is 2.37. The molecule has 1 amide bonds. The zero-order valence-corrected chi connectivity index (χ0v) is 14.8. The van der Waals surface area contributed by atoms with Crippen LogP contribution in [0.5, 0.6) is 0 Å². The minimum Gasteiger partial charge on any atom is -0.465 e. The first-order chi connectivity index (χ1) is 12.5.